The highest BCUT2D eigenvalue weighted by Crippen LogP contribution is 2.05. The van der Waals surface area contributed by atoms with Crippen molar-refractivity contribution >= 4 is 29.3 Å². The molecule has 6 heteroatoms. The van der Waals surface area contributed by atoms with Gasteiger partial charge in [-0.05, 0) is 24.9 Å². The molecule has 1 aromatic rings. The Morgan fingerprint density at radius 1 is 1.59 bits per heavy atom. The average Bonchev–Trinajstić information content (AvgIpc) is 2.29. The fourth-order valence-corrected chi connectivity index (χ4v) is 2.18. The lowest BCUT2D eigenvalue weighted by Crippen LogP contribution is -2.33. The molecule has 0 radical (unpaired) electrons. The number of rotatable bonds is 6. The highest BCUT2D eigenvalue weighted by Gasteiger charge is 2.11. The average molecular weight is 274 g/mol. The monoisotopic (exact) mass is 273 g/mol. The fourth-order valence-electron chi connectivity index (χ4n) is 1.23. The first kappa shape index (κ1) is 14.3. The highest BCUT2D eigenvalue weighted by atomic mass is 35.5. The van der Waals surface area contributed by atoms with Crippen molar-refractivity contribution in [3.63, 3.8) is 0 Å². The minimum Gasteiger partial charge on any atom is -0.348 e. The summed E-state index contributed by atoms with van der Waals surface area (Å²) < 4.78 is 0. The number of aromatic nitrogens is 2. The zero-order valence-corrected chi connectivity index (χ0v) is 11.5. The first-order valence-electron chi connectivity index (χ1n) is 5.49. The largest absolute Gasteiger partial charge is 0.348 e. The number of amides is 1. The maximum Gasteiger partial charge on any atom is 0.271 e. The summed E-state index contributed by atoms with van der Waals surface area (Å²) in [5, 5.41) is 3.10. The van der Waals surface area contributed by atoms with E-state index < -0.39 is 0 Å². The van der Waals surface area contributed by atoms with Crippen molar-refractivity contribution in [3.8, 4) is 0 Å². The molecule has 0 aliphatic heterocycles. The third-order valence-electron chi connectivity index (χ3n) is 2.11. The van der Waals surface area contributed by atoms with E-state index in [1.807, 2.05) is 18.7 Å². The predicted octanol–water partition coefficient (Wildman–Crippen LogP) is 2.39. The first-order chi connectivity index (χ1) is 8.13. The standard InChI is InChI=1S/C11H16ClN3OS/c1-3-17-5-4-8(2)14-11(16)9-6-13-7-10(12)15-9/h6-8H,3-5H2,1-2H3,(H,14,16). The number of thioether (sulfide) groups is 1. The molecule has 0 bridgehead atoms. The summed E-state index contributed by atoms with van der Waals surface area (Å²) in [5.41, 5.74) is 0.257. The molecule has 1 heterocycles. The summed E-state index contributed by atoms with van der Waals surface area (Å²) in [6.45, 7) is 4.10. The Labute approximate surface area is 111 Å². The third kappa shape index (κ3) is 5.37. The molecule has 1 aromatic heterocycles. The molecule has 1 unspecified atom stereocenters. The maximum absolute atomic E-state index is 11.8. The van der Waals surface area contributed by atoms with E-state index in [9.17, 15) is 4.79 Å². The third-order valence-corrected chi connectivity index (χ3v) is 3.23. The molecule has 1 N–H and O–H groups in total. The Hall–Kier alpha value is -0.810. The minimum atomic E-state index is -0.228. The molecule has 0 fully saturated rings. The number of hydrogen-bond donors (Lipinski definition) is 1. The molecule has 1 atom stereocenters. The SMILES string of the molecule is CCSCCC(C)NC(=O)c1cncc(Cl)n1. The van der Waals surface area contributed by atoms with Crippen molar-refractivity contribution in [2.24, 2.45) is 0 Å². The molecule has 0 aliphatic carbocycles. The summed E-state index contributed by atoms with van der Waals surface area (Å²) in [7, 11) is 0. The van der Waals surface area contributed by atoms with E-state index in [0.29, 0.717) is 0 Å². The van der Waals surface area contributed by atoms with Crippen LogP contribution >= 0.6 is 23.4 Å². The Morgan fingerprint density at radius 2 is 2.35 bits per heavy atom. The first-order valence-corrected chi connectivity index (χ1v) is 7.03. The van der Waals surface area contributed by atoms with Crippen LogP contribution in [-0.2, 0) is 0 Å². The van der Waals surface area contributed by atoms with Crippen LogP contribution in [0.25, 0.3) is 0 Å². The van der Waals surface area contributed by atoms with Crippen molar-refractivity contribution in [2.75, 3.05) is 11.5 Å². The smallest absolute Gasteiger partial charge is 0.271 e. The van der Waals surface area contributed by atoms with Gasteiger partial charge in [-0.1, -0.05) is 18.5 Å². The molecule has 0 aliphatic rings. The maximum atomic E-state index is 11.8. The highest BCUT2D eigenvalue weighted by molar-refractivity contribution is 7.99. The molecule has 4 nitrogen and oxygen atoms in total. The van der Waals surface area contributed by atoms with Gasteiger partial charge in [-0.3, -0.25) is 9.78 Å². The van der Waals surface area contributed by atoms with E-state index in [4.69, 9.17) is 11.6 Å². The van der Waals surface area contributed by atoms with Crippen molar-refractivity contribution in [1.82, 2.24) is 15.3 Å². The van der Waals surface area contributed by atoms with Gasteiger partial charge in [0.25, 0.3) is 5.91 Å². The van der Waals surface area contributed by atoms with E-state index in [2.05, 4.69) is 22.2 Å². The number of nitrogens with zero attached hydrogens (tertiary/aromatic N) is 2. The van der Waals surface area contributed by atoms with Crippen molar-refractivity contribution in [1.29, 1.82) is 0 Å². The molecule has 1 rings (SSSR count). The second kappa shape index (κ2) is 7.50. The van der Waals surface area contributed by atoms with E-state index in [1.165, 1.54) is 12.4 Å². The zero-order valence-electron chi connectivity index (χ0n) is 9.94. The lowest BCUT2D eigenvalue weighted by molar-refractivity contribution is 0.0934. The number of carbonyl (C=O) groups excluding carboxylic acids is 1. The van der Waals surface area contributed by atoms with Gasteiger partial charge in [-0.2, -0.15) is 11.8 Å². The van der Waals surface area contributed by atoms with Crippen LogP contribution < -0.4 is 5.32 Å². The molecular formula is C11H16ClN3OS. The van der Waals surface area contributed by atoms with Gasteiger partial charge in [0.15, 0.2) is 0 Å². The van der Waals surface area contributed by atoms with Gasteiger partial charge < -0.3 is 5.32 Å². The fraction of sp³-hybridized carbons (Fsp3) is 0.545. The van der Waals surface area contributed by atoms with Gasteiger partial charge in [0, 0.05) is 6.04 Å². The number of carbonyl (C=O) groups is 1. The van der Waals surface area contributed by atoms with Gasteiger partial charge in [0.2, 0.25) is 0 Å². The normalized spacial score (nSPS) is 12.2. The summed E-state index contributed by atoms with van der Waals surface area (Å²) >= 11 is 7.53. The molecule has 94 valence electrons. The molecule has 17 heavy (non-hydrogen) atoms. The van der Waals surface area contributed by atoms with Gasteiger partial charge in [0.1, 0.15) is 10.8 Å². The van der Waals surface area contributed by atoms with Crippen LogP contribution in [0.2, 0.25) is 5.15 Å². The quantitative estimate of drug-likeness (QED) is 0.809. The van der Waals surface area contributed by atoms with Crippen LogP contribution in [0.3, 0.4) is 0 Å². The van der Waals surface area contributed by atoms with Gasteiger partial charge >= 0.3 is 0 Å². The van der Waals surface area contributed by atoms with Gasteiger partial charge in [-0.25, -0.2) is 4.98 Å². The van der Waals surface area contributed by atoms with Gasteiger partial charge in [0.05, 0.1) is 12.4 Å². The Bertz CT molecular complexity index is 375. The van der Waals surface area contributed by atoms with E-state index in [-0.39, 0.29) is 22.8 Å². The minimum absolute atomic E-state index is 0.127. The topological polar surface area (TPSA) is 54.9 Å². The van der Waals surface area contributed by atoms with Crippen LogP contribution in [0.5, 0.6) is 0 Å². The summed E-state index contributed by atoms with van der Waals surface area (Å²) in [4.78, 5) is 19.5. The van der Waals surface area contributed by atoms with Crippen LogP contribution in [0.1, 0.15) is 30.8 Å². The second-order valence-electron chi connectivity index (χ2n) is 3.59. The van der Waals surface area contributed by atoms with Crippen LogP contribution in [0, 0.1) is 0 Å². The predicted molar refractivity (Wildman–Crippen MR) is 71.6 cm³/mol. The lowest BCUT2D eigenvalue weighted by Gasteiger charge is -2.12. The molecule has 0 aromatic carbocycles. The number of halogens is 1. The Morgan fingerprint density at radius 3 is 3.00 bits per heavy atom. The number of hydrogen-bond acceptors (Lipinski definition) is 4. The molecule has 0 saturated heterocycles. The van der Waals surface area contributed by atoms with Crippen LogP contribution in [0.15, 0.2) is 12.4 Å². The summed E-state index contributed by atoms with van der Waals surface area (Å²) in [5.74, 6) is 1.91. The van der Waals surface area contributed by atoms with Crippen LogP contribution in [0.4, 0.5) is 0 Å². The van der Waals surface area contributed by atoms with Crippen molar-refractivity contribution in [2.45, 2.75) is 26.3 Å². The summed E-state index contributed by atoms with van der Waals surface area (Å²) in [6.07, 6.45) is 3.76. The van der Waals surface area contributed by atoms with Crippen LogP contribution in [-0.4, -0.2) is 33.4 Å². The lowest BCUT2D eigenvalue weighted by atomic mass is 10.2. The van der Waals surface area contributed by atoms with E-state index >= 15 is 0 Å². The molecule has 0 spiro atoms. The summed E-state index contributed by atoms with van der Waals surface area (Å²) in [6, 6.07) is 0.127. The zero-order chi connectivity index (χ0) is 12.7. The molecular weight excluding hydrogens is 258 g/mol. The second-order valence-corrected chi connectivity index (χ2v) is 5.37. The van der Waals surface area contributed by atoms with Gasteiger partial charge in [-0.15, -0.1) is 0 Å². The van der Waals surface area contributed by atoms with Crippen molar-refractivity contribution in [3.05, 3.63) is 23.2 Å². The molecule has 0 saturated carbocycles. The van der Waals surface area contributed by atoms with E-state index in [0.717, 1.165) is 17.9 Å². The van der Waals surface area contributed by atoms with E-state index in [1.54, 1.807) is 0 Å². The van der Waals surface area contributed by atoms with Crippen molar-refractivity contribution < 1.29 is 4.79 Å². The Kier molecular flexibility index (Phi) is 6.29. The number of nitrogens with one attached hydrogen (secondary N) is 1. The Balaban J connectivity index is 2.43. The molecule has 1 amide bonds.